The second-order valence-corrected chi connectivity index (χ2v) is 9.01. The molecule has 29 heavy (non-hydrogen) atoms. The highest BCUT2D eigenvalue weighted by molar-refractivity contribution is 9.10. The van der Waals surface area contributed by atoms with Gasteiger partial charge in [0.05, 0.1) is 6.21 Å². The summed E-state index contributed by atoms with van der Waals surface area (Å²) in [5, 5.41) is 4.84. The number of halogens is 2. The van der Waals surface area contributed by atoms with E-state index in [1.54, 1.807) is 18.0 Å². The van der Waals surface area contributed by atoms with Crippen molar-refractivity contribution in [3.05, 3.63) is 81.0 Å². The van der Waals surface area contributed by atoms with Gasteiger partial charge in [-0.05, 0) is 62.4 Å². The van der Waals surface area contributed by atoms with E-state index in [1.165, 1.54) is 0 Å². The molecule has 3 aromatic rings. The minimum absolute atomic E-state index is 0.108. The topological polar surface area (TPSA) is 46.4 Å². The Morgan fingerprint density at radius 2 is 1.97 bits per heavy atom. The van der Waals surface area contributed by atoms with Crippen LogP contribution < -0.4 is 5.43 Å². The maximum absolute atomic E-state index is 12.0. The molecule has 0 fully saturated rings. The van der Waals surface area contributed by atoms with Crippen LogP contribution in [0.5, 0.6) is 0 Å². The standard InChI is InChI=1S/C22H21BrClN3OS/c1-15-12-17(16(2)27(15)20-5-3-4-18(23)13-20)14-25-26-22(28)10-11-29-21-8-6-19(24)7-9-21/h3-9,12-14H,10-11H2,1-2H3,(H,26,28)/b25-14-. The molecule has 2 aromatic carbocycles. The number of benzene rings is 2. The van der Waals surface area contributed by atoms with Crippen LogP contribution in [0.25, 0.3) is 5.69 Å². The Morgan fingerprint density at radius 3 is 2.69 bits per heavy atom. The number of nitrogens with one attached hydrogen (secondary N) is 1. The molecule has 3 rings (SSSR count). The molecule has 0 atom stereocenters. The number of rotatable bonds is 7. The summed E-state index contributed by atoms with van der Waals surface area (Å²) in [6.07, 6.45) is 2.09. The van der Waals surface area contributed by atoms with Crippen LogP contribution in [0.4, 0.5) is 0 Å². The highest BCUT2D eigenvalue weighted by Crippen LogP contribution is 2.23. The minimum Gasteiger partial charge on any atom is -0.318 e. The smallest absolute Gasteiger partial charge is 0.240 e. The second-order valence-electron chi connectivity index (χ2n) is 6.49. The highest BCUT2D eigenvalue weighted by atomic mass is 79.9. The Balaban J connectivity index is 1.55. The molecule has 0 radical (unpaired) electrons. The van der Waals surface area contributed by atoms with Gasteiger partial charge in [-0.3, -0.25) is 4.79 Å². The molecular formula is C22H21BrClN3OS. The molecule has 4 nitrogen and oxygen atoms in total. The fourth-order valence-corrected chi connectivity index (χ4v) is 4.32. The Kier molecular flexibility index (Phi) is 7.58. The molecular weight excluding hydrogens is 470 g/mol. The number of carbonyl (C=O) groups is 1. The van der Waals surface area contributed by atoms with Crippen LogP contribution >= 0.6 is 39.3 Å². The zero-order valence-electron chi connectivity index (χ0n) is 16.2. The van der Waals surface area contributed by atoms with Crippen molar-refractivity contribution in [2.75, 3.05) is 5.75 Å². The minimum atomic E-state index is -0.108. The number of thioether (sulfide) groups is 1. The number of amides is 1. The molecule has 1 N–H and O–H groups in total. The Bertz CT molecular complexity index is 1030. The van der Waals surface area contributed by atoms with Gasteiger partial charge in [0.1, 0.15) is 0 Å². The average Bonchev–Trinajstić information content (AvgIpc) is 2.97. The Labute approximate surface area is 188 Å². The second kappa shape index (κ2) is 10.1. The molecule has 0 aliphatic carbocycles. The lowest BCUT2D eigenvalue weighted by atomic mass is 10.2. The largest absolute Gasteiger partial charge is 0.318 e. The Morgan fingerprint density at radius 1 is 1.21 bits per heavy atom. The molecule has 0 aliphatic heterocycles. The third-order valence-corrected chi connectivity index (χ3v) is 6.10. The predicted molar refractivity (Wildman–Crippen MR) is 125 cm³/mol. The number of nitrogens with zero attached hydrogens (tertiary/aromatic N) is 2. The third-order valence-electron chi connectivity index (χ3n) is 4.34. The van der Waals surface area contributed by atoms with Crippen molar-refractivity contribution in [2.24, 2.45) is 5.10 Å². The predicted octanol–water partition coefficient (Wildman–Crippen LogP) is 6.14. The van der Waals surface area contributed by atoms with Crippen LogP contribution in [0.3, 0.4) is 0 Å². The number of hydrogen-bond acceptors (Lipinski definition) is 3. The van der Waals surface area contributed by atoms with E-state index >= 15 is 0 Å². The van der Waals surface area contributed by atoms with Crippen LogP contribution in [-0.4, -0.2) is 22.4 Å². The van der Waals surface area contributed by atoms with E-state index < -0.39 is 0 Å². The molecule has 1 heterocycles. The summed E-state index contributed by atoms with van der Waals surface area (Å²) in [6.45, 7) is 4.09. The lowest BCUT2D eigenvalue weighted by Crippen LogP contribution is -2.17. The summed E-state index contributed by atoms with van der Waals surface area (Å²) in [5.74, 6) is 0.573. The summed E-state index contributed by atoms with van der Waals surface area (Å²) in [5.41, 5.74) is 6.83. The van der Waals surface area contributed by atoms with E-state index in [0.29, 0.717) is 17.2 Å². The van der Waals surface area contributed by atoms with E-state index in [9.17, 15) is 4.79 Å². The van der Waals surface area contributed by atoms with Gasteiger partial charge in [0.2, 0.25) is 5.91 Å². The van der Waals surface area contributed by atoms with E-state index in [-0.39, 0.29) is 5.91 Å². The molecule has 0 bridgehead atoms. The number of hydrogen-bond donors (Lipinski definition) is 1. The summed E-state index contributed by atoms with van der Waals surface area (Å²) in [7, 11) is 0. The maximum atomic E-state index is 12.0. The van der Waals surface area contributed by atoms with E-state index in [1.807, 2.05) is 43.3 Å². The van der Waals surface area contributed by atoms with Crippen molar-refractivity contribution in [3.63, 3.8) is 0 Å². The van der Waals surface area contributed by atoms with Crippen molar-refractivity contribution in [1.82, 2.24) is 9.99 Å². The average molecular weight is 491 g/mol. The molecule has 1 aromatic heterocycles. The zero-order chi connectivity index (χ0) is 20.8. The number of aryl methyl sites for hydroxylation is 1. The molecule has 0 unspecified atom stereocenters. The normalized spacial score (nSPS) is 11.2. The summed E-state index contributed by atoms with van der Waals surface area (Å²) < 4.78 is 3.19. The van der Waals surface area contributed by atoms with Crippen molar-refractivity contribution >= 4 is 51.4 Å². The first-order chi connectivity index (χ1) is 13.9. The first-order valence-electron chi connectivity index (χ1n) is 9.09. The van der Waals surface area contributed by atoms with Gasteiger partial charge >= 0.3 is 0 Å². The number of carbonyl (C=O) groups excluding carboxylic acids is 1. The van der Waals surface area contributed by atoms with Crippen molar-refractivity contribution in [3.8, 4) is 5.69 Å². The zero-order valence-corrected chi connectivity index (χ0v) is 19.3. The van der Waals surface area contributed by atoms with Gasteiger partial charge in [0.15, 0.2) is 0 Å². The SMILES string of the molecule is Cc1cc(/C=N\NC(=O)CCSc2ccc(Cl)cc2)c(C)n1-c1cccc(Br)c1. The van der Waals surface area contributed by atoms with Crippen LogP contribution in [0.2, 0.25) is 5.02 Å². The monoisotopic (exact) mass is 489 g/mol. The number of aromatic nitrogens is 1. The van der Waals surface area contributed by atoms with Crippen LogP contribution in [-0.2, 0) is 4.79 Å². The fourth-order valence-electron chi connectivity index (χ4n) is 2.95. The fraction of sp³-hybridized carbons (Fsp3) is 0.182. The molecule has 0 spiro atoms. The molecule has 0 aliphatic rings. The molecule has 0 saturated heterocycles. The van der Waals surface area contributed by atoms with E-state index in [4.69, 9.17) is 11.6 Å². The van der Waals surface area contributed by atoms with Gasteiger partial charge in [0, 0.05) is 49.2 Å². The van der Waals surface area contributed by atoms with Crippen LogP contribution in [0.1, 0.15) is 23.4 Å². The lowest BCUT2D eigenvalue weighted by Gasteiger charge is -2.09. The molecule has 150 valence electrons. The maximum Gasteiger partial charge on any atom is 0.240 e. The first kappa shape index (κ1) is 21.7. The van der Waals surface area contributed by atoms with E-state index in [0.717, 1.165) is 32.0 Å². The quantitative estimate of drug-likeness (QED) is 0.245. The third kappa shape index (κ3) is 5.98. The Hall–Kier alpha value is -2.02. The van der Waals surface area contributed by atoms with Crippen LogP contribution in [0, 0.1) is 13.8 Å². The number of hydrazone groups is 1. The van der Waals surface area contributed by atoms with Gasteiger partial charge in [0.25, 0.3) is 0 Å². The van der Waals surface area contributed by atoms with Gasteiger partial charge in [-0.25, -0.2) is 5.43 Å². The molecule has 0 saturated carbocycles. The van der Waals surface area contributed by atoms with Crippen molar-refractivity contribution in [1.29, 1.82) is 0 Å². The van der Waals surface area contributed by atoms with Gasteiger partial charge < -0.3 is 4.57 Å². The van der Waals surface area contributed by atoms with E-state index in [2.05, 4.69) is 56.1 Å². The van der Waals surface area contributed by atoms with Crippen LogP contribution in [0.15, 0.2) is 69.1 Å². The highest BCUT2D eigenvalue weighted by Gasteiger charge is 2.10. The molecule has 1 amide bonds. The molecule has 7 heteroatoms. The van der Waals surface area contributed by atoms with Crippen molar-refractivity contribution < 1.29 is 4.79 Å². The summed E-state index contributed by atoms with van der Waals surface area (Å²) in [4.78, 5) is 13.1. The summed E-state index contributed by atoms with van der Waals surface area (Å²) >= 11 is 11.0. The lowest BCUT2D eigenvalue weighted by molar-refractivity contribution is -0.120. The van der Waals surface area contributed by atoms with Crippen molar-refractivity contribution in [2.45, 2.75) is 25.2 Å². The van der Waals surface area contributed by atoms with Gasteiger partial charge in [-0.2, -0.15) is 5.10 Å². The van der Waals surface area contributed by atoms with Gasteiger partial charge in [-0.1, -0.05) is 33.6 Å². The first-order valence-corrected chi connectivity index (χ1v) is 11.2. The summed E-state index contributed by atoms with van der Waals surface area (Å²) in [6, 6.07) is 17.8. The van der Waals surface area contributed by atoms with Gasteiger partial charge in [-0.15, -0.1) is 11.8 Å².